The van der Waals surface area contributed by atoms with Gasteiger partial charge in [0.25, 0.3) is 5.91 Å². The van der Waals surface area contributed by atoms with Crippen LogP contribution in [0.25, 0.3) is 0 Å². The molecule has 0 bridgehead atoms. The zero-order valence-corrected chi connectivity index (χ0v) is 14.9. The van der Waals surface area contributed by atoms with Crippen LogP contribution in [0, 0.1) is 19.8 Å². The summed E-state index contributed by atoms with van der Waals surface area (Å²) in [6.45, 7) is 8.72. The number of hydrogen-bond acceptors (Lipinski definition) is 4. The molecule has 0 atom stereocenters. The highest BCUT2D eigenvalue weighted by Gasteiger charge is 2.26. The largest absolute Gasteiger partial charge is 0.338 e. The van der Waals surface area contributed by atoms with Gasteiger partial charge in [-0.1, -0.05) is 6.92 Å². The first-order valence-electron chi connectivity index (χ1n) is 8.31. The van der Waals surface area contributed by atoms with E-state index in [9.17, 15) is 4.79 Å². The number of likely N-dealkylation sites (tertiary alicyclic amines) is 1. The van der Waals surface area contributed by atoms with Crippen molar-refractivity contribution in [3.63, 3.8) is 0 Å². The first-order chi connectivity index (χ1) is 11.1. The van der Waals surface area contributed by atoms with Crippen molar-refractivity contribution in [1.29, 1.82) is 0 Å². The van der Waals surface area contributed by atoms with Crippen molar-refractivity contribution < 1.29 is 4.79 Å². The lowest BCUT2D eigenvalue weighted by atomic mass is 9.96. The summed E-state index contributed by atoms with van der Waals surface area (Å²) in [6.07, 6.45) is 7.04. The van der Waals surface area contributed by atoms with Crippen LogP contribution in [0.4, 0.5) is 0 Å². The van der Waals surface area contributed by atoms with Crippen LogP contribution in [-0.2, 0) is 13.0 Å². The lowest BCUT2D eigenvalue weighted by molar-refractivity contribution is 0.0686. The lowest BCUT2D eigenvalue weighted by Crippen LogP contribution is -2.39. The lowest BCUT2D eigenvalue weighted by Gasteiger charge is -2.32. The first-order valence-corrected chi connectivity index (χ1v) is 9.13. The number of carbonyl (C=O) groups excluding carboxylic acids is 1. The van der Waals surface area contributed by atoms with Crippen molar-refractivity contribution in [3.05, 3.63) is 33.8 Å². The van der Waals surface area contributed by atoms with E-state index in [1.165, 1.54) is 11.3 Å². The van der Waals surface area contributed by atoms with Gasteiger partial charge in [-0.2, -0.15) is 0 Å². The maximum absolute atomic E-state index is 12.6. The summed E-state index contributed by atoms with van der Waals surface area (Å²) in [7, 11) is 0. The SMILES string of the molecule is CCc1nccn1CC1CCN(C(=O)c2sc(C)nc2C)CC1. The third kappa shape index (κ3) is 3.47. The predicted molar refractivity (Wildman–Crippen MR) is 91.8 cm³/mol. The molecule has 3 rings (SSSR count). The van der Waals surface area contributed by atoms with E-state index in [4.69, 9.17) is 0 Å². The number of aryl methyl sites for hydroxylation is 3. The Labute approximate surface area is 141 Å². The van der Waals surface area contributed by atoms with E-state index >= 15 is 0 Å². The van der Waals surface area contributed by atoms with Crippen LogP contribution in [0.2, 0.25) is 0 Å². The fraction of sp³-hybridized carbons (Fsp3) is 0.588. The van der Waals surface area contributed by atoms with Gasteiger partial charge < -0.3 is 9.47 Å². The molecular formula is C17H24N4OS. The van der Waals surface area contributed by atoms with Crippen LogP contribution >= 0.6 is 11.3 Å². The van der Waals surface area contributed by atoms with Gasteiger partial charge in [0.2, 0.25) is 0 Å². The zero-order chi connectivity index (χ0) is 16.4. The van der Waals surface area contributed by atoms with E-state index < -0.39 is 0 Å². The normalized spacial score (nSPS) is 16.0. The Balaban J connectivity index is 1.58. The third-order valence-corrected chi connectivity index (χ3v) is 5.63. The fourth-order valence-electron chi connectivity index (χ4n) is 3.29. The number of hydrogen-bond donors (Lipinski definition) is 0. The molecule has 0 aliphatic carbocycles. The Hall–Kier alpha value is -1.69. The molecular weight excluding hydrogens is 308 g/mol. The van der Waals surface area contributed by atoms with Crippen molar-refractivity contribution in [2.45, 2.75) is 46.6 Å². The Morgan fingerprint density at radius 2 is 2.09 bits per heavy atom. The summed E-state index contributed by atoms with van der Waals surface area (Å²) in [6, 6.07) is 0. The molecule has 2 aromatic rings. The maximum atomic E-state index is 12.6. The molecule has 1 saturated heterocycles. The average Bonchev–Trinajstić information content (AvgIpc) is 3.13. The molecule has 124 valence electrons. The Kier molecular flexibility index (Phi) is 4.80. The van der Waals surface area contributed by atoms with Gasteiger partial charge in [-0.15, -0.1) is 11.3 Å². The van der Waals surface area contributed by atoms with Crippen molar-refractivity contribution in [2.75, 3.05) is 13.1 Å². The minimum absolute atomic E-state index is 0.156. The standard InChI is InChI=1S/C17H24N4OS/c1-4-15-18-7-10-21(15)11-14-5-8-20(9-6-14)17(22)16-12(2)19-13(3)23-16/h7,10,14H,4-6,8-9,11H2,1-3H3. The average molecular weight is 332 g/mol. The highest BCUT2D eigenvalue weighted by molar-refractivity contribution is 7.13. The summed E-state index contributed by atoms with van der Waals surface area (Å²) in [5, 5.41) is 0.966. The van der Waals surface area contributed by atoms with Crippen LogP contribution in [-0.4, -0.2) is 38.4 Å². The van der Waals surface area contributed by atoms with E-state index in [-0.39, 0.29) is 5.91 Å². The van der Waals surface area contributed by atoms with E-state index in [0.717, 1.165) is 60.3 Å². The second-order valence-electron chi connectivity index (χ2n) is 6.23. The second kappa shape index (κ2) is 6.83. The van der Waals surface area contributed by atoms with Crippen LogP contribution in [0.1, 0.15) is 46.0 Å². The summed E-state index contributed by atoms with van der Waals surface area (Å²) in [5.74, 6) is 1.94. The molecule has 6 heteroatoms. The van der Waals surface area contributed by atoms with Gasteiger partial charge in [-0.05, 0) is 32.6 Å². The van der Waals surface area contributed by atoms with Crippen LogP contribution in [0.15, 0.2) is 12.4 Å². The van der Waals surface area contributed by atoms with Crippen molar-refractivity contribution in [2.24, 2.45) is 5.92 Å². The molecule has 0 unspecified atom stereocenters. The summed E-state index contributed by atoms with van der Waals surface area (Å²) in [4.78, 5) is 24.2. The monoisotopic (exact) mass is 332 g/mol. The molecule has 1 aliphatic heterocycles. The fourth-order valence-corrected chi connectivity index (χ4v) is 4.18. The van der Waals surface area contributed by atoms with Gasteiger partial charge in [0, 0.05) is 38.4 Å². The van der Waals surface area contributed by atoms with E-state index in [0.29, 0.717) is 5.92 Å². The van der Waals surface area contributed by atoms with Gasteiger partial charge in [0.15, 0.2) is 0 Å². The highest BCUT2D eigenvalue weighted by Crippen LogP contribution is 2.24. The molecule has 0 N–H and O–H groups in total. The third-order valence-electron chi connectivity index (χ3n) is 4.57. The van der Waals surface area contributed by atoms with Crippen LogP contribution in [0.5, 0.6) is 0 Å². The summed E-state index contributed by atoms with van der Waals surface area (Å²) in [5.41, 5.74) is 0.866. The minimum atomic E-state index is 0.156. The van der Waals surface area contributed by atoms with Crippen molar-refractivity contribution >= 4 is 17.2 Å². The number of aromatic nitrogens is 3. The molecule has 0 saturated carbocycles. The Bertz CT molecular complexity index is 683. The molecule has 0 spiro atoms. The van der Waals surface area contributed by atoms with Gasteiger partial charge in [0.1, 0.15) is 10.7 Å². The molecule has 2 aromatic heterocycles. The second-order valence-corrected chi connectivity index (χ2v) is 7.44. The Morgan fingerprint density at radius 1 is 1.35 bits per heavy atom. The number of piperidine rings is 1. The smallest absolute Gasteiger partial charge is 0.265 e. The zero-order valence-electron chi connectivity index (χ0n) is 14.1. The minimum Gasteiger partial charge on any atom is -0.338 e. The van der Waals surface area contributed by atoms with E-state index in [1.54, 1.807) is 0 Å². The number of rotatable bonds is 4. The van der Waals surface area contributed by atoms with Gasteiger partial charge in [-0.25, -0.2) is 9.97 Å². The number of imidazole rings is 1. The van der Waals surface area contributed by atoms with Gasteiger partial charge in [0.05, 0.1) is 10.7 Å². The molecule has 1 amide bonds. The number of carbonyl (C=O) groups is 1. The maximum Gasteiger partial charge on any atom is 0.265 e. The van der Waals surface area contributed by atoms with Gasteiger partial charge in [-0.3, -0.25) is 4.79 Å². The van der Waals surface area contributed by atoms with Crippen molar-refractivity contribution in [3.8, 4) is 0 Å². The summed E-state index contributed by atoms with van der Waals surface area (Å²) < 4.78 is 2.26. The van der Waals surface area contributed by atoms with Crippen LogP contribution in [0.3, 0.4) is 0 Å². The molecule has 1 fully saturated rings. The molecule has 1 aliphatic rings. The number of nitrogens with zero attached hydrogens (tertiary/aromatic N) is 4. The topological polar surface area (TPSA) is 51.0 Å². The molecule has 0 radical (unpaired) electrons. The van der Waals surface area contributed by atoms with Gasteiger partial charge >= 0.3 is 0 Å². The molecule has 0 aromatic carbocycles. The number of thiazole rings is 1. The quantitative estimate of drug-likeness (QED) is 0.864. The summed E-state index contributed by atoms with van der Waals surface area (Å²) >= 11 is 1.51. The van der Waals surface area contributed by atoms with Crippen molar-refractivity contribution in [1.82, 2.24) is 19.4 Å². The molecule has 5 nitrogen and oxygen atoms in total. The Morgan fingerprint density at radius 3 is 2.70 bits per heavy atom. The highest BCUT2D eigenvalue weighted by atomic mass is 32.1. The van der Waals surface area contributed by atoms with E-state index in [1.807, 2.05) is 24.9 Å². The molecule has 23 heavy (non-hydrogen) atoms. The van der Waals surface area contributed by atoms with Crippen LogP contribution < -0.4 is 0 Å². The predicted octanol–water partition coefficient (Wildman–Crippen LogP) is 3.07. The molecule has 3 heterocycles. The number of amides is 1. The first kappa shape index (κ1) is 16.2. The van der Waals surface area contributed by atoms with E-state index in [2.05, 4.69) is 27.7 Å².